The molecule has 1 aromatic heterocycles. The number of methoxy groups -OCH3 is 3. The van der Waals surface area contributed by atoms with E-state index >= 15 is 0 Å². The molecule has 0 fully saturated rings. The molecule has 0 N–H and O–H groups in total. The maximum atomic E-state index is 14.2. The number of benzene rings is 3. The van der Waals surface area contributed by atoms with E-state index in [1.54, 1.807) is 56.3 Å². The van der Waals surface area contributed by atoms with Gasteiger partial charge in [0.2, 0.25) is 5.75 Å². The van der Waals surface area contributed by atoms with Crippen LogP contribution in [0.25, 0.3) is 6.08 Å². The van der Waals surface area contributed by atoms with Crippen LogP contribution in [0.4, 0.5) is 0 Å². The molecule has 0 bridgehead atoms. The number of aromatic nitrogens is 1. The SMILES string of the molecule is CCOC(=O)C1=C(C)N=c2s/c(=C\c3cc(Cl)ccc3OCc3cccc(Cl)c3)c(=O)n2[C@@H]1c1cc(OC)c(OC)c(OC)c1. The maximum absolute atomic E-state index is 14.2. The van der Waals surface area contributed by atoms with Gasteiger partial charge >= 0.3 is 5.97 Å². The van der Waals surface area contributed by atoms with Crippen molar-refractivity contribution in [2.24, 2.45) is 4.99 Å². The molecule has 1 atom stereocenters. The minimum absolute atomic E-state index is 0.148. The first-order chi connectivity index (χ1) is 21.7. The fourth-order valence-electron chi connectivity index (χ4n) is 5.06. The van der Waals surface area contributed by atoms with Crippen molar-refractivity contribution in [3.8, 4) is 23.0 Å². The zero-order valence-electron chi connectivity index (χ0n) is 25.2. The molecular formula is C33H30Cl2N2O7S. The van der Waals surface area contributed by atoms with Crippen LogP contribution in [-0.2, 0) is 16.1 Å². The van der Waals surface area contributed by atoms with Gasteiger partial charge in [-0.25, -0.2) is 9.79 Å². The molecule has 0 saturated carbocycles. The molecule has 9 nitrogen and oxygen atoms in total. The number of allylic oxidation sites excluding steroid dienone is 1. The molecule has 4 aromatic rings. The Morgan fingerprint density at radius 3 is 2.33 bits per heavy atom. The summed E-state index contributed by atoms with van der Waals surface area (Å²) in [5.41, 5.74) is 2.30. The monoisotopic (exact) mass is 668 g/mol. The quantitative estimate of drug-likeness (QED) is 0.200. The van der Waals surface area contributed by atoms with E-state index in [1.165, 1.54) is 37.2 Å². The first-order valence-electron chi connectivity index (χ1n) is 13.8. The number of nitrogens with zero attached hydrogens (tertiary/aromatic N) is 2. The highest BCUT2D eigenvalue weighted by Gasteiger charge is 2.34. The van der Waals surface area contributed by atoms with E-state index in [1.807, 2.05) is 18.2 Å². The van der Waals surface area contributed by atoms with E-state index in [4.69, 9.17) is 46.9 Å². The van der Waals surface area contributed by atoms with Crippen molar-refractivity contribution in [2.75, 3.05) is 27.9 Å². The molecule has 45 heavy (non-hydrogen) atoms. The van der Waals surface area contributed by atoms with E-state index in [9.17, 15) is 9.59 Å². The lowest BCUT2D eigenvalue weighted by molar-refractivity contribution is -0.139. The van der Waals surface area contributed by atoms with Crippen LogP contribution >= 0.6 is 34.5 Å². The van der Waals surface area contributed by atoms with Gasteiger partial charge in [-0.15, -0.1) is 0 Å². The van der Waals surface area contributed by atoms with Crippen LogP contribution in [0.2, 0.25) is 10.0 Å². The van der Waals surface area contributed by atoms with E-state index in [2.05, 4.69) is 4.99 Å². The van der Waals surface area contributed by atoms with Crippen molar-refractivity contribution >= 4 is 46.6 Å². The first kappa shape index (κ1) is 32.2. The Bertz CT molecular complexity index is 1960. The van der Waals surface area contributed by atoms with E-state index in [-0.39, 0.29) is 24.3 Å². The highest BCUT2D eigenvalue weighted by molar-refractivity contribution is 7.07. The smallest absolute Gasteiger partial charge is 0.338 e. The third-order valence-corrected chi connectivity index (χ3v) is 8.51. The van der Waals surface area contributed by atoms with Gasteiger partial charge in [-0.1, -0.05) is 46.7 Å². The lowest BCUT2D eigenvalue weighted by Gasteiger charge is -2.26. The number of carbonyl (C=O) groups excluding carboxylic acids is 1. The average Bonchev–Trinajstić information content (AvgIpc) is 3.32. The van der Waals surface area contributed by atoms with Gasteiger partial charge in [0.1, 0.15) is 12.4 Å². The molecule has 3 aromatic carbocycles. The van der Waals surface area contributed by atoms with E-state index in [0.717, 1.165) is 5.56 Å². The summed E-state index contributed by atoms with van der Waals surface area (Å²) in [6.07, 6.45) is 1.71. The zero-order chi connectivity index (χ0) is 32.2. The van der Waals surface area contributed by atoms with Gasteiger partial charge in [0.05, 0.1) is 49.8 Å². The summed E-state index contributed by atoms with van der Waals surface area (Å²) < 4.78 is 30.0. The molecule has 1 aliphatic rings. The number of fused-ring (bicyclic) bond motifs is 1. The summed E-state index contributed by atoms with van der Waals surface area (Å²) in [5, 5.41) is 1.08. The largest absolute Gasteiger partial charge is 0.493 e. The molecule has 0 unspecified atom stereocenters. The number of esters is 1. The second-order valence-corrected chi connectivity index (χ2v) is 11.7. The molecule has 5 rings (SSSR count). The minimum Gasteiger partial charge on any atom is -0.493 e. The van der Waals surface area contributed by atoms with Crippen LogP contribution in [-0.4, -0.2) is 38.5 Å². The third kappa shape index (κ3) is 6.58. The maximum Gasteiger partial charge on any atom is 0.338 e. The number of thiazole rings is 1. The van der Waals surface area contributed by atoms with Gasteiger partial charge in [-0.05, 0) is 73.5 Å². The summed E-state index contributed by atoms with van der Waals surface area (Å²) in [7, 11) is 4.49. The van der Waals surface area contributed by atoms with Crippen LogP contribution in [0.1, 0.15) is 36.6 Å². The Balaban J connectivity index is 1.68. The highest BCUT2D eigenvalue weighted by Crippen LogP contribution is 2.42. The number of hydrogen-bond acceptors (Lipinski definition) is 9. The van der Waals surface area contributed by atoms with Crippen LogP contribution in [0, 0.1) is 0 Å². The van der Waals surface area contributed by atoms with Gasteiger partial charge < -0.3 is 23.7 Å². The number of ether oxygens (including phenoxy) is 5. The molecule has 1 aliphatic heterocycles. The summed E-state index contributed by atoms with van der Waals surface area (Å²) >= 11 is 13.7. The molecular weight excluding hydrogens is 639 g/mol. The molecule has 12 heteroatoms. The summed E-state index contributed by atoms with van der Waals surface area (Å²) in [6.45, 7) is 3.84. The lowest BCUT2D eigenvalue weighted by Crippen LogP contribution is -2.40. The molecule has 0 aliphatic carbocycles. The summed E-state index contributed by atoms with van der Waals surface area (Å²) in [4.78, 5) is 32.6. The molecule has 2 heterocycles. The van der Waals surface area contributed by atoms with E-state index < -0.39 is 12.0 Å². The van der Waals surface area contributed by atoms with Crippen LogP contribution in [0.3, 0.4) is 0 Å². The molecule has 234 valence electrons. The standard InChI is InChI=1S/C33H30Cl2N2O7S/c1-6-43-32(39)28-18(2)36-33-37(29(28)21-14-25(40-3)30(42-5)26(15-21)41-4)31(38)27(45-33)16-20-13-23(35)10-11-24(20)44-17-19-8-7-9-22(34)12-19/h7-16,29H,6,17H2,1-5H3/b27-16-/t29-/m1/s1. The Hall–Kier alpha value is -4.25. The predicted molar refractivity (Wildman–Crippen MR) is 174 cm³/mol. The number of rotatable bonds is 10. The Kier molecular flexibility index (Phi) is 9.86. The first-order valence-corrected chi connectivity index (χ1v) is 15.4. The van der Waals surface area contributed by atoms with Crippen molar-refractivity contribution in [1.29, 1.82) is 0 Å². The van der Waals surface area contributed by atoms with Crippen molar-refractivity contribution in [3.63, 3.8) is 0 Å². The van der Waals surface area contributed by atoms with Gasteiger partial charge in [0.15, 0.2) is 16.3 Å². The molecule has 0 spiro atoms. The van der Waals surface area contributed by atoms with Gasteiger partial charge in [-0.3, -0.25) is 9.36 Å². The number of carbonyl (C=O) groups is 1. The third-order valence-electron chi connectivity index (χ3n) is 7.06. The fourth-order valence-corrected chi connectivity index (χ4v) is 6.49. The summed E-state index contributed by atoms with van der Waals surface area (Å²) in [6, 6.07) is 15.1. The van der Waals surface area contributed by atoms with Crippen LogP contribution in [0.15, 0.2) is 75.7 Å². The van der Waals surface area contributed by atoms with Crippen LogP contribution < -0.4 is 33.8 Å². The molecule has 0 amide bonds. The topological polar surface area (TPSA) is 97.6 Å². The predicted octanol–water partition coefficient (Wildman–Crippen LogP) is 5.71. The van der Waals surface area contributed by atoms with Gasteiger partial charge in [0.25, 0.3) is 5.56 Å². The lowest BCUT2D eigenvalue weighted by atomic mass is 9.95. The minimum atomic E-state index is -0.894. The van der Waals surface area contributed by atoms with Crippen molar-refractivity contribution in [2.45, 2.75) is 26.5 Å². The van der Waals surface area contributed by atoms with Crippen LogP contribution in [0.5, 0.6) is 23.0 Å². The van der Waals surface area contributed by atoms with Crippen molar-refractivity contribution in [1.82, 2.24) is 4.57 Å². The second kappa shape index (κ2) is 13.8. The highest BCUT2D eigenvalue weighted by atomic mass is 35.5. The number of halogens is 2. The normalized spacial score (nSPS) is 14.5. The molecule has 0 radical (unpaired) electrons. The Morgan fingerprint density at radius 2 is 1.69 bits per heavy atom. The number of hydrogen-bond donors (Lipinski definition) is 0. The fraction of sp³-hybridized carbons (Fsp3) is 0.242. The average molecular weight is 670 g/mol. The van der Waals surface area contributed by atoms with Crippen molar-refractivity contribution < 1.29 is 28.5 Å². The Morgan fingerprint density at radius 1 is 0.978 bits per heavy atom. The Labute approximate surface area is 273 Å². The second-order valence-electron chi connectivity index (χ2n) is 9.86. The van der Waals surface area contributed by atoms with E-state index in [0.29, 0.717) is 59.2 Å². The summed E-state index contributed by atoms with van der Waals surface area (Å²) in [5.74, 6) is 1.05. The van der Waals surface area contributed by atoms with Gasteiger partial charge in [0, 0.05) is 15.6 Å². The zero-order valence-corrected chi connectivity index (χ0v) is 27.5. The molecule has 0 saturated heterocycles. The van der Waals surface area contributed by atoms with Gasteiger partial charge in [-0.2, -0.15) is 0 Å². The van der Waals surface area contributed by atoms with Crippen molar-refractivity contribution in [3.05, 3.63) is 112 Å².